The van der Waals surface area contributed by atoms with Crippen LogP contribution in [0.5, 0.6) is 0 Å². The maximum Gasteiger partial charge on any atom is 0.227 e. The second-order valence-electron chi connectivity index (χ2n) is 5.19. The quantitative estimate of drug-likeness (QED) is 0.859. The summed E-state index contributed by atoms with van der Waals surface area (Å²) in [6.07, 6.45) is 1.94. The van der Waals surface area contributed by atoms with Crippen LogP contribution in [-0.4, -0.2) is 26.1 Å². The van der Waals surface area contributed by atoms with Crippen LogP contribution in [-0.2, 0) is 14.6 Å². The highest BCUT2D eigenvalue weighted by molar-refractivity contribution is 7.94. The number of hydrogen-bond acceptors (Lipinski definition) is 3. The normalized spacial score (nSPS) is 20.1. The van der Waals surface area contributed by atoms with Gasteiger partial charge in [0.2, 0.25) is 5.91 Å². The van der Waals surface area contributed by atoms with Gasteiger partial charge in [0.05, 0.1) is 11.8 Å². The van der Waals surface area contributed by atoms with Crippen LogP contribution in [0, 0.1) is 13.8 Å². The van der Waals surface area contributed by atoms with Gasteiger partial charge in [-0.25, -0.2) is 8.42 Å². The van der Waals surface area contributed by atoms with Crippen molar-refractivity contribution in [3.8, 4) is 0 Å². The van der Waals surface area contributed by atoms with Gasteiger partial charge in [0.1, 0.15) is 0 Å². The zero-order valence-electron chi connectivity index (χ0n) is 12.0. The Morgan fingerprint density at radius 3 is 2.30 bits per heavy atom. The highest BCUT2D eigenvalue weighted by atomic mass is 32.2. The zero-order valence-corrected chi connectivity index (χ0v) is 12.8. The summed E-state index contributed by atoms with van der Waals surface area (Å²) in [7, 11) is -3.18. The summed E-state index contributed by atoms with van der Waals surface area (Å²) in [5.41, 5.74) is 2.87. The van der Waals surface area contributed by atoms with Crippen LogP contribution in [0.2, 0.25) is 0 Å². The molecule has 0 spiro atoms. The van der Waals surface area contributed by atoms with Gasteiger partial charge in [-0.15, -0.1) is 0 Å². The molecule has 4 nitrogen and oxygen atoms in total. The third-order valence-electron chi connectivity index (χ3n) is 3.30. The molecule has 0 bridgehead atoms. The second kappa shape index (κ2) is 5.40. The summed E-state index contributed by atoms with van der Waals surface area (Å²) in [6, 6.07) is 5.45. The lowest BCUT2D eigenvalue weighted by atomic mass is 10.1. The average molecular weight is 293 g/mol. The van der Waals surface area contributed by atoms with Gasteiger partial charge >= 0.3 is 0 Å². The van der Waals surface area contributed by atoms with Gasteiger partial charge in [-0.1, -0.05) is 13.0 Å². The first-order valence-corrected chi connectivity index (χ1v) is 8.35. The van der Waals surface area contributed by atoms with Crippen molar-refractivity contribution in [2.45, 2.75) is 33.2 Å². The molecule has 1 aromatic rings. The van der Waals surface area contributed by atoms with Crippen molar-refractivity contribution in [3.05, 3.63) is 40.8 Å². The molecule has 0 aromatic heterocycles. The molecular weight excluding hydrogens is 274 g/mol. The van der Waals surface area contributed by atoms with Crippen LogP contribution < -0.4 is 4.90 Å². The van der Waals surface area contributed by atoms with Crippen molar-refractivity contribution in [1.29, 1.82) is 0 Å². The molecule has 0 fully saturated rings. The third-order valence-corrected chi connectivity index (χ3v) is 4.68. The number of sulfone groups is 1. The minimum atomic E-state index is -3.18. The molecule has 2 rings (SSSR count). The van der Waals surface area contributed by atoms with E-state index in [0.717, 1.165) is 16.8 Å². The molecule has 1 heterocycles. The third kappa shape index (κ3) is 3.10. The highest BCUT2D eigenvalue weighted by Crippen LogP contribution is 2.25. The predicted molar refractivity (Wildman–Crippen MR) is 80.4 cm³/mol. The molecule has 0 saturated carbocycles. The lowest BCUT2D eigenvalue weighted by Crippen LogP contribution is -2.40. The molecule has 1 atom stereocenters. The van der Waals surface area contributed by atoms with E-state index in [4.69, 9.17) is 0 Å². The lowest BCUT2D eigenvalue weighted by molar-refractivity contribution is -0.118. The Hall–Kier alpha value is -1.62. The smallest absolute Gasteiger partial charge is 0.227 e. The van der Waals surface area contributed by atoms with Crippen LogP contribution in [0.1, 0.15) is 24.5 Å². The Bertz CT molecular complexity index is 641. The van der Waals surface area contributed by atoms with E-state index in [1.807, 2.05) is 32.0 Å². The Morgan fingerprint density at radius 1 is 1.25 bits per heavy atom. The molecule has 0 radical (unpaired) electrons. The van der Waals surface area contributed by atoms with Crippen LogP contribution in [0.4, 0.5) is 5.69 Å². The second-order valence-corrected chi connectivity index (χ2v) is 7.12. The molecule has 0 N–H and O–H groups in total. The number of carbonyl (C=O) groups is 1. The number of anilines is 1. The molecule has 0 aliphatic carbocycles. The standard InChI is InChI=1S/C15H19NO3S/c1-4-15(17)16(13-5-6-20(18,19)10-13)14-8-11(2)7-12(3)9-14/h5-9,13H,4,10H2,1-3H3. The molecule has 1 amide bonds. The topological polar surface area (TPSA) is 54.5 Å². The van der Waals surface area contributed by atoms with Gasteiger partial charge in [0.25, 0.3) is 0 Å². The highest BCUT2D eigenvalue weighted by Gasteiger charge is 2.30. The van der Waals surface area contributed by atoms with Gasteiger partial charge in [0.15, 0.2) is 9.84 Å². The maximum absolute atomic E-state index is 12.2. The molecule has 20 heavy (non-hydrogen) atoms. The van der Waals surface area contributed by atoms with E-state index in [1.165, 1.54) is 5.41 Å². The van der Waals surface area contributed by atoms with Crippen molar-refractivity contribution in [2.24, 2.45) is 0 Å². The van der Waals surface area contributed by atoms with E-state index in [1.54, 1.807) is 17.9 Å². The molecular formula is C15H19NO3S. The monoisotopic (exact) mass is 293 g/mol. The minimum absolute atomic E-state index is 0.0360. The van der Waals surface area contributed by atoms with Crippen LogP contribution in [0.3, 0.4) is 0 Å². The van der Waals surface area contributed by atoms with Crippen molar-refractivity contribution in [2.75, 3.05) is 10.7 Å². The van der Waals surface area contributed by atoms with Gasteiger partial charge in [-0.05, 0) is 43.2 Å². The summed E-state index contributed by atoms with van der Waals surface area (Å²) in [4.78, 5) is 13.8. The predicted octanol–water partition coefficient (Wildman–Crippen LogP) is 2.36. The number of hydrogen-bond donors (Lipinski definition) is 0. The first-order chi connectivity index (χ1) is 9.32. The SMILES string of the molecule is CCC(=O)N(c1cc(C)cc(C)c1)C1C=CS(=O)(=O)C1. The van der Waals surface area contributed by atoms with E-state index in [-0.39, 0.29) is 11.7 Å². The fraction of sp³-hybridized carbons (Fsp3) is 0.400. The van der Waals surface area contributed by atoms with E-state index >= 15 is 0 Å². The summed E-state index contributed by atoms with van der Waals surface area (Å²) in [6.45, 7) is 5.71. The molecule has 1 aliphatic rings. The maximum atomic E-state index is 12.2. The van der Waals surface area contributed by atoms with Gasteiger partial charge in [-0.3, -0.25) is 4.79 Å². The van der Waals surface area contributed by atoms with Gasteiger partial charge in [0, 0.05) is 17.5 Å². The van der Waals surface area contributed by atoms with Crippen molar-refractivity contribution in [3.63, 3.8) is 0 Å². The summed E-state index contributed by atoms with van der Waals surface area (Å²) < 4.78 is 23.2. The summed E-state index contributed by atoms with van der Waals surface area (Å²) in [5.74, 6) is -0.104. The lowest BCUT2D eigenvalue weighted by Gasteiger charge is -2.28. The minimum Gasteiger partial charge on any atom is -0.304 e. The van der Waals surface area contributed by atoms with E-state index in [9.17, 15) is 13.2 Å². The van der Waals surface area contributed by atoms with E-state index in [2.05, 4.69) is 0 Å². The van der Waals surface area contributed by atoms with Crippen molar-refractivity contribution >= 4 is 21.4 Å². The zero-order chi connectivity index (χ0) is 14.9. The van der Waals surface area contributed by atoms with Gasteiger partial charge in [-0.2, -0.15) is 0 Å². The first kappa shape index (κ1) is 14.8. The number of carbonyl (C=O) groups excluding carboxylic acids is 1. The first-order valence-electron chi connectivity index (χ1n) is 6.63. The fourth-order valence-corrected chi connectivity index (χ4v) is 3.77. The van der Waals surface area contributed by atoms with Gasteiger partial charge < -0.3 is 4.90 Å². The molecule has 0 saturated heterocycles. The van der Waals surface area contributed by atoms with E-state index in [0.29, 0.717) is 6.42 Å². The molecule has 5 heteroatoms. The Morgan fingerprint density at radius 2 is 1.85 bits per heavy atom. The average Bonchev–Trinajstić information content (AvgIpc) is 2.68. The summed E-state index contributed by atoms with van der Waals surface area (Å²) >= 11 is 0. The Kier molecular flexibility index (Phi) is 3.99. The van der Waals surface area contributed by atoms with Crippen LogP contribution in [0.25, 0.3) is 0 Å². The molecule has 1 unspecified atom stereocenters. The van der Waals surface area contributed by atoms with E-state index < -0.39 is 15.9 Å². The number of amides is 1. The Balaban J connectivity index is 2.43. The van der Waals surface area contributed by atoms with Crippen molar-refractivity contribution in [1.82, 2.24) is 0 Å². The number of aryl methyl sites for hydroxylation is 2. The largest absolute Gasteiger partial charge is 0.304 e. The number of benzene rings is 1. The number of nitrogens with zero attached hydrogens (tertiary/aromatic N) is 1. The summed E-state index contributed by atoms with van der Waals surface area (Å²) in [5, 5.41) is 1.20. The molecule has 1 aliphatic heterocycles. The van der Waals surface area contributed by atoms with Crippen LogP contribution in [0.15, 0.2) is 29.7 Å². The number of rotatable bonds is 3. The van der Waals surface area contributed by atoms with Crippen molar-refractivity contribution < 1.29 is 13.2 Å². The molecule has 108 valence electrons. The fourth-order valence-electron chi connectivity index (χ4n) is 2.50. The molecule has 1 aromatic carbocycles. The Labute approximate surface area is 120 Å². The van der Waals surface area contributed by atoms with Crippen LogP contribution >= 0.6 is 0 Å².